The van der Waals surface area contributed by atoms with Crippen LogP contribution >= 0.6 is 0 Å². The number of piperidine rings is 1. The van der Waals surface area contributed by atoms with Crippen LogP contribution in [0.1, 0.15) is 53.3 Å². The van der Waals surface area contributed by atoms with Crippen LogP contribution in [0, 0.1) is 23.4 Å². The summed E-state index contributed by atoms with van der Waals surface area (Å²) in [5, 5.41) is 0. The lowest BCUT2D eigenvalue weighted by atomic mass is 9.97. The Kier molecular flexibility index (Phi) is 7.13. The van der Waals surface area contributed by atoms with Crippen LogP contribution in [0.5, 0.6) is 0 Å². The van der Waals surface area contributed by atoms with Gasteiger partial charge < -0.3 is 9.64 Å². The van der Waals surface area contributed by atoms with Crippen LogP contribution in [0.3, 0.4) is 0 Å². The van der Waals surface area contributed by atoms with Gasteiger partial charge in [0.25, 0.3) is 0 Å². The molecule has 0 N–H and O–H groups in total. The van der Waals surface area contributed by atoms with E-state index in [1.807, 2.05) is 11.8 Å². The fraction of sp³-hybridized carbons (Fsp3) is 0.391. The van der Waals surface area contributed by atoms with Crippen LogP contribution in [0.4, 0.5) is 18.9 Å². The number of hydrogen-bond acceptors (Lipinski definition) is 4. The monoisotopic (exact) mass is 419 g/mol. The molecule has 1 saturated heterocycles. The Morgan fingerprint density at radius 1 is 0.967 bits per heavy atom. The van der Waals surface area contributed by atoms with Gasteiger partial charge in [-0.05, 0) is 61.6 Å². The van der Waals surface area contributed by atoms with Crippen LogP contribution in [-0.2, 0) is 4.74 Å². The number of ether oxygens (including phenoxy) is 1. The summed E-state index contributed by atoms with van der Waals surface area (Å²) in [7, 11) is 0. The minimum atomic E-state index is -1.10. The van der Waals surface area contributed by atoms with Crippen molar-refractivity contribution in [1.29, 1.82) is 0 Å². The number of carbonyl (C=O) groups is 2. The van der Waals surface area contributed by atoms with Crippen molar-refractivity contribution in [3.05, 3.63) is 65.0 Å². The molecule has 0 bridgehead atoms. The Bertz CT molecular complexity index is 924. The van der Waals surface area contributed by atoms with Crippen LogP contribution in [0.15, 0.2) is 36.4 Å². The van der Waals surface area contributed by atoms with Crippen molar-refractivity contribution in [1.82, 2.24) is 0 Å². The molecule has 0 aromatic heterocycles. The average Bonchev–Trinajstić information content (AvgIpc) is 2.74. The molecule has 0 saturated carbocycles. The molecule has 1 fully saturated rings. The molecule has 0 spiro atoms. The summed E-state index contributed by atoms with van der Waals surface area (Å²) in [4.78, 5) is 25.9. The third kappa shape index (κ3) is 5.20. The van der Waals surface area contributed by atoms with E-state index >= 15 is 0 Å². The van der Waals surface area contributed by atoms with Gasteiger partial charge in [-0.2, -0.15) is 0 Å². The van der Waals surface area contributed by atoms with Gasteiger partial charge in [-0.15, -0.1) is 0 Å². The molecule has 0 unspecified atom stereocenters. The van der Waals surface area contributed by atoms with E-state index in [0.717, 1.165) is 18.6 Å². The van der Waals surface area contributed by atoms with Gasteiger partial charge in [0, 0.05) is 25.1 Å². The first-order valence-corrected chi connectivity index (χ1v) is 10.1. The second-order valence-electron chi connectivity index (χ2n) is 7.50. The maximum atomic E-state index is 14.5. The van der Waals surface area contributed by atoms with Gasteiger partial charge in [0.05, 0.1) is 17.9 Å². The first kappa shape index (κ1) is 21.9. The molecule has 2 aromatic carbocycles. The van der Waals surface area contributed by atoms with Crippen molar-refractivity contribution in [3.63, 3.8) is 0 Å². The zero-order chi connectivity index (χ0) is 21.7. The number of nitrogens with zero attached hydrogens (tertiary/aromatic N) is 1. The number of halogens is 3. The third-order valence-corrected chi connectivity index (χ3v) is 5.31. The molecule has 2 aromatic rings. The molecule has 7 heteroatoms. The van der Waals surface area contributed by atoms with Gasteiger partial charge in [-0.3, -0.25) is 4.79 Å². The zero-order valence-electron chi connectivity index (χ0n) is 16.8. The molecular formula is C23H24F3NO3. The first-order valence-electron chi connectivity index (χ1n) is 10.1. The second-order valence-corrected chi connectivity index (χ2v) is 7.50. The highest BCUT2D eigenvalue weighted by molar-refractivity contribution is 5.96. The van der Waals surface area contributed by atoms with Gasteiger partial charge in [0.2, 0.25) is 0 Å². The van der Waals surface area contributed by atoms with E-state index in [1.54, 1.807) is 12.1 Å². The third-order valence-electron chi connectivity index (χ3n) is 5.31. The van der Waals surface area contributed by atoms with Crippen LogP contribution in [0.25, 0.3) is 0 Å². The second kappa shape index (κ2) is 9.78. The summed E-state index contributed by atoms with van der Waals surface area (Å²) in [5.74, 6) is -3.19. The normalized spacial score (nSPS) is 14.6. The summed E-state index contributed by atoms with van der Waals surface area (Å²) < 4.78 is 46.0. The molecule has 3 rings (SSSR count). The van der Waals surface area contributed by atoms with Gasteiger partial charge in [0.1, 0.15) is 5.82 Å². The predicted octanol–water partition coefficient (Wildman–Crippen LogP) is 5.16. The number of ketones is 1. The molecule has 1 aliphatic heterocycles. The smallest absolute Gasteiger partial charge is 0.338 e. The van der Waals surface area contributed by atoms with E-state index in [0.29, 0.717) is 43.6 Å². The maximum Gasteiger partial charge on any atom is 0.338 e. The Balaban J connectivity index is 1.51. The highest BCUT2D eigenvalue weighted by Gasteiger charge is 2.23. The van der Waals surface area contributed by atoms with Crippen molar-refractivity contribution in [2.75, 3.05) is 24.6 Å². The number of carbonyl (C=O) groups excluding carboxylic acids is 2. The summed E-state index contributed by atoms with van der Waals surface area (Å²) >= 11 is 0. The van der Waals surface area contributed by atoms with E-state index in [9.17, 15) is 22.8 Å². The van der Waals surface area contributed by atoms with Crippen molar-refractivity contribution in [2.24, 2.45) is 5.92 Å². The maximum absolute atomic E-state index is 14.5. The number of Topliss-reactive ketones (excluding diaryl/α,β-unsaturated/α-hetero) is 1. The number of hydrogen-bond donors (Lipinski definition) is 0. The fourth-order valence-corrected chi connectivity index (χ4v) is 3.55. The molecule has 0 aliphatic carbocycles. The Morgan fingerprint density at radius 2 is 1.63 bits per heavy atom. The van der Waals surface area contributed by atoms with Crippen molar-refractivity contribution >= 4 is 17.4 Å². The summed E-state index contributed by atoms with van der Waals surface area (Å²) in [6, 6.07) is 7.48. The summed E-state index contributed by atoms with van der Waals surface area (Å²) in [6.07, 6.45) is 2.51. The lowest BCUT2D eigenvalue weighted by Crippen LogP contribution is -2.36. The van der Waals surface area contributed by atoms with Gasteiger partial charge >= 0.3 is 5.97 Å². The molecule has 0 amide bonds. The molecular weight excluding hydrogens is 395 g/mol. The van der Waals surface area contributed by atoms with Crippen molar-refractivity contribution in [3.8, 4) is 0 Å². The molecule has 160 valence electrons. The van der Waals surface area contributed by atoms with Gasteiger partial charge in [0.15, 0.2) is 17.4 Å². The Morgan fingerprint density at radius 3 is 2.27 bits per heavy atom. The van der Waals surface area contributed by atoms with Crippen LogP contribution < -0.4 is 4.90 Å². The molecule has 0 radical (unpaired) electrons. The zero-order valence-corrected chi connectivity index (χ0v) is 16.8. The standard InChI is InChI=1S/C23H24F3NO3/c1-2-3-22(28)16-5-7-21(20(26)12-16)27-10-8-15(9-11-27)14-30-23(29)17-4-6-18(24)19(25)13-17/h4-7,12-13,15H,2-3,8-11,14H2,1H3. The summed E-state index contributed by atoms with van der Waals surface area (Å²) in [6.45, 7) is 3.25. The van der Waals surface area contributed by atoms with Crippen molar-refractivity contribution < 1.29 is 27.5 Å². The minimum Gasteiger partial charge on any atom is -0.462 e. The number of benzene rings is 2. The largest absolute Gasteiger partial charge is 0.462 e. The number of anilines is 1. The van der Waals surface area contributed by atoms with Gasteiger partial charge in [-0.25, -0.2) is 18.0 Å². The molecule has 4 nitrogen and oxygen atoms in total. The van der Waals surface area contributed by atoms with Crippen molar-refractivity contribution in [2.45, 2.75) is 32.6 Å². The van der Waals surface area contributed by atoms with Crippen LogP contribution in [0.2, 0.25) is 0 Å². The predicted molar refractivity (Wildman–Crippen MR) is 107 cm³/mol. The fourth-order valence-electron chi connectivity index (χ4n) is 3.55. The van der Waals surface area contributed by atoms with E-state index in [1.165, 1.54) is 12.1 Å². The minimum absolute atomic E-state index is 0.0360. The Hall–Kier alpha value is -2.83. The quantitative estimate of drug-likeness (QED) is 0.459. The topological polar surface area (TPSA) is 46.6 Å². The number of esters is 1. The Labute approximate surface area is 173 Å². The highest BCUT2D eigenvalue weighted by Crippen LogP contribution is 2.27. The van der Waals surface area contributed by atoms with Gasteiger partial charge in [-0.1, -0.05) is 6.92 Å². The average molecular weight is 419 g/mol. The number of rotatable bonds is 7. The SMILES string of the molecule is CCCC(=O)c1ccc(N2CCC(COC(=O)c3ccc(F)c(F)c3)CC2)c(F)c1. The van der Waals surface area contributed by atoms with E-state index in [-0.39, 0.29) is 23.9 Å². The van der Waals surface area contributed by atoms with Crippen LogP contribution in [-0.4, -0.2) is 31.4 Å². The highest BCUT2D eigenvalue weighted by atomic mass is 19.2. The lowest BCUT2D eigenvalue weighted by Gasteiger charge is -2.33. The molecule has 30 heavy (non-hydrogen) atoms. The van der Waals surface area contributed by atoms with E-state index in [2.05, 4.69) is 0 Å². The van der Waals surface area contributed by atoms with E-state index in [4.69, 9.17) is 4.74 Å². The molecule has 1 heterocycles. The molecule has 0 atom stereocenters. The lowest BCUT2D eigenvalue weighted by molar-refractivity contribution is 0.0420. The van der Waals surface area contributed by atoms with E-state index < -0.39 is 23.4 Å². The first-order chi connectivity index (χ1) is 14.4. The molecule has 1 aliphatic rings. The summed E-state index contributed by atoms with van der Waals surface area (Å²) in [5.41, 5.74) is 0.809.